The zero-order chi connectivity index (χ0) is 14.4. The van der Waals surface area contributed by atoms with Gasteiger partial charge in [0.05, 0.1) is 22.7 Å². The van der Waals surface area contributed by atoms with Crippen molar-refractivity contribution in [3.05, 3.63) is 33.9 Å². The average Bonchev–Trinajstić information content (AvgIpc) is 2.36. The van der Waals surface area contributed by atoms with E-state index in [1.807, 2.05) is 0 Å². The van der Waals surface area contributed by atoms with Crippen molar-refractivity contribution < 1.29 is 19.6 Å². The zero-order valence-electron chi connectivity index (χ0n) is 10.2. The van der Waals surface area contributed by atoms with Crippen LogP contribution in [-0.2, 0) is 4.79 Å². The van der Waals surface area contributed by atoms with Crippen molar-refractivity contribution in [3.8, 4) is 0 Å². The number of anilines is 1. The van der Waals surface area contributed by atoms with E-state index in [1.54, 1.807) is 6.92 Å². The summed E-state index contributed by atoms with van der Waals surface area (Å²) in [6.45, 7) is 2.03. The van der Waals surface area contributed by atoms with Gasteiger partial charge in [0.1, 0.15) is 0 Å². The van der Waals surface area contributed by atoms with E-state index in [4.69, 9.17) is 5.11 Å². The molecule has 1 aromatic carbocycles. The number of carboxylic acids is 1. The molecule has 0 fully saturated rings. The van der Waals surface area contributed by atoms with Crippen LogP contribution < -0.4 is 10.6 Å². The van der Waals surface area contributed by atoms with Gasteiger partial charge in [0.2, 0.25) is 5.91 Å². The monoisotopic (exact) mass is 267 g/mol. The Hall–Kier alpha value is -2.64. The average molecular weight is 267 g/mol. The van der Waals surface area contributed by atoms with Crippen molar-refractivity contribution in [1.29, 1.82) is 0 Å². The fourth-order valence-electron chi connectivity index (χ4n) is 1.41. The number of amides is 1. The fourth-order valence-corrected chi connectivity index (χ4v) is 1.41. The number of nitro groups is 1. The van der Waals surface area contributed by atoms with Crippen molar-refractivity contribution in [1.82, 2.24) is 5.32 Å². The summed E-state index contributed by atoms with van der Waals surface area (Å²) >= 11 is 0. The van der Waals surface area contributed by atoms with Crippen molar-refractivity contribution in [3.63, 3.8) is 0 Å². The third-order valence-corrected chi connectivity index (χ3v) is 2.26. The molecule has 102 valence electrons. The molecule has 0 aliphatic carbocycles. The maximum absolute atomic E-state index is 11.3. The van der Waals surface area contributed by atoms with Gasteiger partial charge in [-0.15, -0.1) is 0 Å². The second kappa shape index (κ2) is 6.34. The first-order valence-corrected chi connectivity index (χ1v) is 5.48. The molecule has 0 aliphatic heterocycles. The summed E-state index contributed by atoms with van der Waals surface area (Å²) in [7, 11) is 0. The summed E-state index contributed by atoms with van der Waals surface area (Å²) in [6.07, 6.45) is 0. The largest absolute Gasteiger partial charge is 0.478 e. The summed E-state index contributed by atoms with van der Waals surface area (Å²) < 4.78 is 0. The van der Waals surface area contributed by atoms with Crippen LogP contribution in [0.4, 0.5) is 11.4 Å². The van der Waals surface area contributed by atoms with Gasteiger partial charge in [0, 0.05) is 18.7 Å². The van der Waals surface area contributed by atoms with Crippen LogP contribution in [0.3, 0.4) is 0 Å². The molecule has 1 amide bonds. The Bertz CT molecular complexity index is 515. The van der Waals surface area contributed by atoms with Gasteiger partial charge in [-0.3, -0.25) is 14.9 Å². The summed E-state index contributed by atoms with van der Waals surface area (Å²) in [6, 6.07) is 3.31. The third-order valence-electron chi connectivity index (χ3n) is 2.26. The molecule has 0 saturated carbocycles. The summed E-state index contributed by atoms with van der Waals surface area (Å²) in [5.74, 6) is -1.56. The first-order valence-electron chi connectivity index (χ1n) is 5.48. The summed E-state index contributed by atoms with van der Waals surface area (Å²) in [5, 5.41) is 24.7. The van der Waals surface area contributed by atoms with E-state index >= 15 is 0 Å². The van der Waals surface area contributed by atoms with Crippen LogP contribution in [0.1, 0.15) is 17.3 Å². The summed E-state index contributed by atoms with van der Waals surface area (Å²) in [4.78, 5) is 32.2. The number of benzene rings is 1. The number of nitrogens with one attached hydrogen (secondary N) is 2. The van der Waals surface area contributed by atoms with Crippen molar-refractivity contribution in [2.24, 2.45) is 0 Å². The molecular formula is C11H13N3O5. The van der Waals surface area contributed by atoms with Gasteiger partial charge >= 0.3 is 5.97 Å². The Balaban J connectivity index is 2.94. The molecule has 0 unspecified atom stereocenters. The number of nitro benzene ring substituents is 1. The second-order valence-electron chi connectivity index (χ2n) is 3.60. The van der Waals surface area contributed by atoms with Crippen molar-refractivity contribution in [2.45, 2.75) is 6.92 Å². The van der Waals surface area contributed by atoms with Gasteiger partial charge in [-0.25, -0.2) is 4.79 Å². The molecule has 0 heterocycles. The smallest absolute Gasteiger partial charge is 0.337 e. The number of hydrogen-bond acceptors (Lipinski definition) is 5. The molecule has 8 nitrogen and oxygen atoms in total. The van der Waals surface area contributed by atoms with Gasteiger partial charge in [0.25, 0.3) is 5.69 Å². The summed E-state index contributed by atoms with van der Waals surface area (Å²) in [5.41, 5.74) is -0.341. The van der Waals surface area contributed by atoms with E-state index in [0.717, 1.165) is 18.2 Å². The Morgan fingerprint density at radius 2 is 2.11 bits per heavy atom. The number of carboxylic acid groups (broad SMARTS) is 1. The van der Waals surface area contributed by atoms with E-state index in [1.165, 1.54) is 0 Å². The van der Waals surface area contributed by atoms with E-state index in [9.17, 15) is 19.7 Å². The highest BCUT2D eigenvalue weighted by Crippen LogP contribution is 2.22. The highest BCUT2D eigenvalue weighted by atomic mass is 16.6. The minimum atomic E-state index is -1.23. The Kier molecular flexibility index (Phi) is 4.81. The van der Waals surface area contributed by atoms with Crippen LogP contribution >= 0.6 is 0 Å². The van der Waals surface area contributed by atoms with E-state index in [2.05, 4.69) is 10.6 Å². The molecule has 0 radical (unpaired) electrons. The fraction of sp³-hybridized carbons (Fsp3) is 0.273. The van der Waals surface area contributed by atoms with E-state index in [-0.39, 0.29) is 29.4 Å². The molecule has 1 aromatic rings. The van der Waals surface area contributed by atoms with E-state index < -0.39 is 10.9 Å². The Morgan fingerprint density at radius 3 is 2.63 bits per heavy atom. The van der Waals surface area contributed by atoms with Crippen molar-refractivity contribution in [2.75, 3.05) is 18.4 Å². The van der Waals surface area contributed by atoms with Gasteiger partial charge in [-0.1, -0.05) is 0 Å². The molecule has 19 heavy (non-hydrogen) atoms. The first-order chi connectivity index (χ1) is 8.95. The van der Waals surface area contributed by atoms with Gasteiger partial charge < -0.3 is 15.7 Å². The number of nitrogens with zero attached hydrogens (tertiary/aromatic N) is 1. The maximum Gasteiger partial charge on any atom is 0.337 e. The topological polar surface area (TPSA) is 122 Å². The molecule has 1 rings (SSSR count). The van der Waals surface area contributed by atoms with Gasteiger partial charge in [-0.2, -0.15) is 0 Å². The lowest BCUT2D eigenvalue weighted by molar-refractivity contribution is -0.384. The number of carbonyl (C=O) groups is 2. The standard InChI is InChI=1S/C11H13N3O5/c1-2-12-10(15)6-13-9-5-7(14(18)19)3-4-8(9)11(16)17/h3-5,13H,2,6H2,1H3,(H,12,15)(H,16,17). The van der Waals surface area contributed by atoms with Gasteiger partial charge in [-0.05, 0) is 13.0 Å². The van der Waals surface area contributed by atoms with Crippen LogP contribution in [0.5, 0.6) is 0 Å². The predicted octanol–water partition coefficient (Wildman–Crippen LogP) is 0.841. The highest BCUT2D eigenvalue weighted by molar-refractivity contribution is 5.95. The number of aromatic carboxylic acids is 1. The molecule has 0 spiro atoms. The zero-order valence-corrected chi connectivity index (χ0v) is 10.2. The molecule has 0 bridgehead atoms. The number of hydrogen-bond donors (Lipinski definition) is 3. The quantitative estimate of drug-likeness (QED) is 0.518. The SMILES string of the molecule is CCNC(=O)CNc1cc([N+](=O)[O-])ccc1C(=O)O. The van der Waals surface area contributed by atoms with Crippen LogP contribution in [0.15, 0.2) is 18.2 Å². The molecular weight excluding hydrogens is 254 g/mol. The Labute approximate surface area is 108 Å². The minimum absolute atomic E-state index is 0.0351. The number of non-ortho nitro benzene ring substituents is 1. The van der Waals surface area contributed by atoms with Crippen LogP contribution in [-0.4, -0.2) is 35.0 Å². The van der Waals surface area contributed by atoms with Crippen molar-refractivity contribution >= 4 is 23.3 Å². The van der Waals surface area contributed by atoms with E-state index in [0.29, 0.717) is 6.54 Å². The Morgan fingerprint density at radius 1 is 1.42 bits per heavy atom. The first kappa shape index (κ1) is 14.4. The lowest BCUT2D eigenvalue weighted by Gasteiger charge is -2.09. The molecule has 0 aromatic heterocycles. The number of likely N-dealkylation sites (N-methyl/N-ethyl adjacent to an activating group) is 1. The lowest BCUT2D eigenvalue weighted by Crippen LogP contribution is -2.29. The molecule has 8 heteroatoms. The van der Waals surface area contributed by atoms with Crippen LogP contribution in [0.2, 0.25) is 0 Å². The second-order valence-corrected chi connectivity index (χ2v) is 3.60. The predicted molar refractivity (Wildman–Crippen MR) is 67.2 cm³/mol. The molecule has 0 atom stereocenters. The van der Waals surface area contributed by atoms with Gasteiger partial charge in [0.15, 0.2) is 0 Å². The molecule has 3 N–H and O–H groups in total. The third kappa shape index (κ3) is 3.95. The van der Waals surface area contributed by atoms with Crippen LogP contribution in [0.25, 0.3) is 0 Å². The number of rotatable bonds is 6. The highest BCUT2D eigenvalue weighted by Gasteiger charge is 2.15. The van der Waals surface area contributed by atoms with Crippen LogP contribution in [0, 0.1) is 10.1 Å². The molecule has 0 aliphatic rings. The molecule has 0 saturated heterocycles. The lowest BCUT2D eigenvalue weighted by atomic mass is 10.1. The normalized spacial score (nSPS) is 9.74. The maximum atomic E-state index is 11.3. The minimum Gasteiger partial charge on any atom is -0.478 e. The number of carbonyl (C=O) groups excluding carboxylic acids is 1.